The van der Waals surface area contributed by atoms with E-state index in [0.29, 0.717) is 25.1 Å². The van der Waals surface area contributed by atoms with E-state index in [0.717, 1.165) is 63.4 Å². The first-order valence-corrected chi connectivity index (χ1v) is 15.5. The van der Waals surface area contributed by atoms with E-state index < -0.39 is 5.97 Å². The van der Waals surface area contributed by atoms with Gasteiger partial charge in [0.25, 0.3) is 5.91 Å². The molecule has 0 bridgehead atoms. The Labute approximate surface area is 255 Å². The summed E-state index contributed by atoms with van der Waals surface area (Å²) >= 11 is 0. The summed E-state index contributed by atoms with van der Waals surface area (Å²) in [5.74, 6) is -0.494. The predicted molar refractivity (Wildman–Crippen MR) is 168 cm³/mol. The maximum Gasteiger partial charge on any atom is 0.303 e. The Bertz CT molecular complexity index is 1370. The maximum absolute atomic E-state index is 13.8. The van der Waals surface area contributed by atoms with E-state index in [4.69, 9.17) is 5.11 Å². The SMILES string of the molecule is CC1CN(Cc2ccccc2)CCN1C(c1cccc(O)c1)c1cccc(C(=O)N2CCCN(CCCC(=O)O)CC2)c1. The van der Waals surface area contributed by atoms with Crippen molar-refractivity contribution < 1.29 is 19.8 Å². The van der Waals surface area contributed by atoms with Gasteiger partial charge in [-0.1, -0.05) is 54.6 Å². The highest BCUT2D eigenvalue weighted by molar-refractivity contribution is 5.94. The minimum absolute atomic E-state index is 0.0321. The number of rotatable bonds is 10. The summed E-state index contributed by atoms with van der Waals surface area (Å²) in [5, 5.41) is 19.4. The van der Waals surface area contributed by atoms with E-state index in [9.17, 15) is 14.7 Å². The third-order valence-electron chi connectivity index (χ3n) is 8.72. The fourth-order valence-corrected chi connectivity index (χ4v) is 6.56. The molecule has 1 amide bonds. The monoisotopic (exact) mass is 584 g/mol. The summed E-state index contributed by atoms with van der Waals surface area (Å²) in [6.07, 6.45) is 1.67. The first-order valence-electron chi connectivity index (χ1n) is 15.5. The van der Waals surface area contributed by atoms with Crippen molar-refractivity contribution in [2.45, 2.75) is 44.8 Å². The highest BCUT2D eigenvalue weighted by Crippen LogP contribution is 2.34. The molecule has 2 aliphatic rings. The van der Waals surface area contributed by atoms with Crippen LogP contribution in [0.15, 0.2) is 78.9 Å². The van der Waals surface area contributed by atoms with Gasteiger partial charge in [-0.2, -0.15) is 0 Å². The van der Waals surface area contributed by atoms with Crippen molar-refractivity contribution in [2.24, 2.45) is 0 Å². The number of carboxylic acids is 1. The Morgan fingerprint density at radius 3 is 2.33 bits per heavy atom. The molecule has 0 aromatic heterocycles. The summed E-state index contributed by atoms with van der Waals surface area (Å²) < 4.78 is 0. The zero-order chi connectivity index (χ0) is 30.2. The number of piperazine rings is 1. The van der Waals surface area contributed by atoms with Crippen molar-refractivity contribution in [3.8, 4) is 5.75 Å². The van der Waals surface area contributed by atoms with Crippen molar-refractivity contribution in [2.75, 3.05) is 52.4 Å². The summed E-state index contributed by atoms with van der Waals surface area (Å²) in [6.45, 7) is 9.61. The summed E-state index contributed by atoms with van der Waals surface area (Å²) in [4.78, 5) is 33.9. The molecule has 0 spiro atoms. The van der Waals surface area contributed by atoms with Gasteiger partial charge in [0.2, 0.25) is 0 Å². The van der Waals surface area contributed by atoms with Crippen molar-refractivity contribution in [3.63, 3.8) is 0 Å². The molecule has 3 aromatic carbocycles. The molecule has 2 heterocycles. The van der Waals surface area contributed by atoms with Crippen LogP contribution in [0.25, 0.3) is 0 Å². The molecular weight excluding hydrogens is 540 g/mol. The van der Waals surface area contributed by atoms with Crippen molar-refractivity contribution in [1.29, 1.82) is 0 Å². The third kappa shape index (κ3) is 8.22. The number of carbonyl (C=O) groups excluding carboxylic acids is 1. The molecule has 2 N–H and O–H groups in total. The van der Waals surface area contributed by atoms with Crippen LogP contribution in [0.3, 0.4) is 0 Å². The summed E-state index contributed by atoms with van der Waals surface area (Å²) in [7, 11) is 0. The number of hydrogen-bond donors (Lipinski definition) is 2. The number of nitrogens with zero attached hydrogens (tertiary/aromatic N) is 4. The fourth-order valence-electron chi connectivity index (χ4n) is 6.56. The molecule has 0 saturated carbocycles. The zero-order valence-corrected chi connectivity index (χ0v) is 25.1. The summed E-state index contributed by atoms with van der Waals surface area (Å²) in [5.41, 5.74) is 4.05. The van der Waals surface area contributed by atoms with Crippen LogP contribution in [0, 0.1) is 0 Å². The van der Waals surface area contributed by atoms with Gasteiger partial charge in [-0.05, 0) is 73.8 Å². The van der Waals surface area contributed by atoms with Crippen LogP contribution in [-0.2, 0) is 11.3 Å². The lowest BCUT2D eigenvalue weighted by Crippen LogP contribution is -2.52. The van der Waals surface area contributed by atoms with E-state index in [-0.39, 0.29) is 30.2 Å². The lowest BCUT2D eigenvalue weighted by Gasteiger charge is -2.44. The number of carbonyl (C=O) groups is 2. The molecule has 8 heteroatoms. The van der Waals surface area contributed by atoms with Crippen LogP contribution in [0.4, 0.5) is 0 Å². The van der Waals surface area contributed by atoms with Gasteiger partial charge in [-0.15, -0.1) is 0 Å². The second-order valence-corrected chi connectivity index (χ2v) is 11.9. The van der Waals surface area contributed by atoms with E-state index in [1.54, 1.807) is 6.07 Å². The van der Waals surface area contributed by atoms with Gasteiger partial charge in [0, 0.05) is 63.8 Å². The average molecular weight is 585 g/mol. The van der Waals surface area contributed by atoms with Gasteiger partial charge in [0.05, 0.1) is 6.04 Å². The molecular formula is C35H44N4O4. The van der Waals surface area contributed by atoms with Gasteiger partial charge >= 0.3 is 5.97 Å². The number of phenols is 1. The number of carboxylic acid groups (broad SMARTS) is 1. The Kier molecular flexibility index (Phi) is 10.5. The van der Waals surface area contributed by atoms with Crippen LogP contribution in [0.1, 0.15) is 59.3 Å². The molecule has 3 aromatic rings. The van der Waals surface area contributed by atoms with Crippen LogP contribution in [0.5, 0.6) is 5.75 Å². The van der Waals surface area contributed by atoms with Gasteiger partial charge in [-0.25, -0.2) is 0 Å². The normalized spacial score (nSPS) is 19.6. The van der Waals surface area contributed by atoms with Gasteiger partial charge in [0.15, 0.2) is 0 Å². The highest BCUT2D eigenvalue weighted by Gasteiger charge is 2.32. The van der Waals surface area contributed by atoms with Crippen LogP contribution in [0.2, 0.25) is 0 Å². The molecule has 8 nitrogen and oxygen atoms in total. The second kappa shape index (κ2) is 14.6. The average Bonchev–Trinajstić information content (AvgIpc) is 3.24. The Balaban J connectivity index is 1.32. The number of hydrogen-bond acceptors (Lipinski definition) is 6. The largest absolute Gasteiger partial charge is 0.508 e. The maximum atomic E-state index is 13.8. The third-order valence-corrected chi connectivity index (χ3v) is 8.72. The number of amides is 1. The number of aromatic hydroxyl groups is 1. The molecule has 43 heavy (non-hydrogen) atoms. The molecule has 2 atom stereocenters. The van der Waals surface area contributed by atoms with E-state index in [1.165, 1.54) is 5.56 Å². The number of phenolic OH excluding ortho intramolecular Hbond substituents is 1. The lowest BCUT2D eigenvalue weighted by molar-refractivity contribution is -0.137. The standard InChI is InChI=1S/C35H44N4O4/c1-27-25-37(26-28-9-3-2-4-10-28)20-22-39(27)34(30-12-6-14-32(40)24-30)29-11-5-13-31(23-29)35(43)38-18-8-17-36(19-21-38)16-7-15-33(41)42/h2-6,9-14,23-24,27,34,40H,7-8,15-22,25-26H2,1H3,(H,41,42). The van der Waals surface area contributed by atoms with Crippen molar-refractivity contribution in [3.05, 3.63) is 101 Å². The van der Waals surface area contributed by atoms with Crippen molar-refractivity contribution >= 4 is 11.9 Å². The van der Waals surface area contributed by atoms with Crippen molar-refractivity contribution in [1.82, 2.24) is 19.6 Å². The topological polar surface area (TPSA) is 87.6 Å². The smallest absolute Gasteiger partial charge is 0.303 e. The first-order chi connectivity index (χ1) is 20.9. The minimum Gasteiger partial charge on any atom is -0.508 e. The van der Waals surface area contributed by atoms with Crippen LogP contribution in [-0.4, -0.2) is 100 Å². The zero-order valence-electron chi connectivity index (χ0n) is 25.1. The van der Waals surface area contributed by atoms with Crippen LogP contribution >= 0.6 is 0 Å². The van der Waals surface area contributed by atoms with E-state index in [1.807, 2.05) is 35.2 Å². The molecule has 5 rings (SSSR count). The van der Waals surface area contributed by atoms with Gasteiger partial charge < -0.3 is 20.0 Å². The Hall–Kier alpha value is -3.72. The Morgan fingerprint density at radius 1 is 0.837 bits per heavy atom. The minimum atomic E-state index is -0.765. The number of aliphatic carboxylic acids is 1. The van der Waals surface area contributed by atoms with Gasteiger partial charge in [-0.3, -0.25) is 19.4 Å². The quantitative estimate of drug-likeness (QED) is 0.357. The molecule has 0 aliphatic carbocycles. The molecule has 2 fully saturated rings. The molecule has 228 valence electrons. The lowest BCUT2D eigenvalue weighted by atomic mass is 9.93. The number of benzene rings is 3. The second-order valence-electron chi connectivity index (χ2n) is 11.9. The van der Waals surface area contributed by atoms with Gasteiger partial charge in [0.1, 0.15) is 5.75 Å². The van der Waals surface area contributed by atoms with Crippen LogP contribution < -0.4 is 0 Å². The molecule has 2 saturated heterocycles. The fraction of sp³-hybridized carbons (Fsp3) is 0.429. The molecule has 0 radical (unpaired) electrons. The van der Waals surface area contributed by atoms with E-state index in [2.05, 4.69) is 64.1 Å². The first kappa shape index (κ1) is 30.7. The summed E-state index contributed by atoms with van der Waals surface area (Å²) in [6, 6.07) is 26.3. The predicted octanol–water partition coefficient (Wildman–Crippen LogP) is 4.70. The highest BCUT2D eigenvalue weighted by atomic mass is 16.4. The molecule has 2 aliphatic heterocycles. The Morgan fingerprint density at radius 2 is 1.58 bits per heavy atom. The molecule has 2 unspecified atom stereocenters. The van der Waals surface area contributed by atoms with E-state index >= 15 is 0 Å².